The summed E-state index contributed by atoms with van der Waals surface area (Å²) in [6.45, 7) is -0.463. The minimum atomic E-state index is -6.50. The van der Waals surface area contributed by atoms with Gasteiger partial charge in [0.15, 0.2) is 0 Å². The number of alkyl halides is 7. The van der Waals surface area contributed by atoms with E-state index in [0.717, 1.165) is 0 Å². The van der Waals surface area contributed by atoms with Crippen molar-refractivity contribution in [1.82, 2.24) is 5.32 Å². The van der Waals surface area contributed by atoms with Gasteiger partial charge in [-0.3, -0.25) is 0 Å². The van der Waals surface area contributed by atoms with Crippen molar-refractivity contribution in [2.24, 2.45) is 0 Å². The molecule has 0 atom stereocenters. The monoisotopic (exact) mass is 482 g/mol. The molecule has 0 aliphatic heterocycles. The third-order valence-corrected chi connectivity index (χ3v) is 5.78. The van der Waals surface area contributed by atoms with Gasteiger partial charge in [0, 0.05) is 0 Å². The van der Waals surface area contributed by atoms with Crippen LogP contribution in [0.15, 0.2) is 70.8 Å². The molecular formula is C19H13F7N2Se. The minimum absolute atomic E-state index is 0.362. The van der Waals surface area contributed by atoms with E-state index < -0.39 is 49.7 Å². The molecule has 1 N–H and O–H groups in total. The molecule has 0 radical (unpaired) electrons. The number of nitrogens with zero attached hydrogens (tertiary/aromatic N) is 1. The summed E-state index contributed by atoms with van der Waals surface area (Å²) in [4.78, 5) is 0. The van der Waals surface area contributed by atoms with E-state index in [4.69, 9.17) is 0 Å². The van der Waals surface area contributed by atoms with E-state index in [0.29, 0.717) is 10.0 Å². The first-order chi connectivity index (χ1) is 13.5. The Bertz CT molecular complexity index is 888. The van der Waals surface area contributed by atoms with Crippen LogP contribution in [0.25, 0.3) is 0 Å². The number of allylic oxidation sites excluding steroid dienone is 2. The Morgan fingerprint density at radius 3 is 1.86 bits per heavy atom. The normalized spacial score (nSPS) is 13.4. The molecule has 0 aliphatic carbocycles. The molecule has 0 heterocycles. The van der Waals surface area contributed by atoms with Crippen molar-refractivity contribution in [1.29, 1.82) is 5.26 Å². The summed E-state index contributed by atoms with van der Waals surface area (Å²) >= 11 is -1.22. The van der Waals surface area contributed by atoms with Gasteiger partial charge in [-0.2, -0.15) is 0 Å². The maximum absolute atomic E-state index is 14.5. The summed E-state index contributed by atoms with van der Waals surface area (Å²) in [5, 5.41) is 11.3. The van der Waals surface area contributed by atoms with Gasteiger partial charge in [0.2, 0.25) is 0 Å². The van der Waals surface area contributed by atoms with Crippen LogP contribution in [0.2, 0.25) is 0 Å². The molecule has 0 aromatic heterocycles. The van der Waals surface area contributed by atoms with Crippen molar-refractivity contribution in [3.63, 3.8) is 0 Å². The second-order valence-corrected chi connectivity index (χ2v) is 7.99. The Morgan fingerprint density at radius 2 is 1.38 bits per heavy atom. The second-order valence-electron chi connectivity index (χ2n) is 5.72. The second kappa shape index (κ2) is 8.89. The van der Waals surface area contributed by atoms with Crippen LogP contribution in [-0.2, 0) is 6.54 Å². The Hall–Kier alpha value is -2.50. The molecule has 2 nitrogen and oxygen atoms in total. The summed E-state index contributed by atoms with van der Waals surface area (Å²) in [6.07, 6.45) is -6.50. The van der Waals surface area contributed by atoms with Gasteiger partial charge in [-0.05, 0) is 0 Å². The summed E-state index contributed by atoms with van der Waals surface area (Å²) in [5.41, 5.74) is -1.37. The van der Waals surface area contributed by atoms with Crippen molar-refractivity contribution in [2.75, 3.05) is 0 Å². The number of benzene rings is 2. The van der Waals surface area contributed by atoms with Gasteiger partial charge in [0.1, 0.15) is 0 Å². The molecule has 0 saturated carbocycles. The van der Waals surface area contributed by atoms with Crippen LogP contribution in [-0.4, -0.2) is 33.0 Å². The standard InChI is InChI=1S/C19H13F7N2Se/c20-17(21,18(22,23)19(24,25)26)16(28-12-13-7-3-1-4-8-13)15(11-27)29-14-9-5-2-6-10-14/h1-10,28H,12H2/b16-15+. The predicted molar refractivity (Wildman–Crippen MR) is 93.7 cm³/mol. The third kappa shape index (κ3) is 5.11. The SMILES string of the molecule is N#C/C([Se]c1ccccc1)=C(\NCc1ccccc1)C(F)(F)C(F)(F)C(F)(F)F. The van der Waals surface area contributed by atoms with Gasteiger partial charge in [-0.1, -0.05) is 0 Å². The molecule has 0 saturated heterocycles. The third-order valence-electron chi connectivity index (χ3n) is 3.67. The molecule has 0 amide bonds. The van der Waals surface area contributed by atoms with E-state index in [2.05, 4.69) is 0 Å². The zero-order valence-corrected chi connectivity index (χ0v) is 16.2. The summed E-state index contributed by atoms with van der Waals surface area (Å²) < 4.78 is 93.9. The summed E-state index contributed by atoms with van der Waals surface area (Å²) in [5.74, 6) is -12.0. The summed E-state index contributed by atoms with van der Waals surface area (Å²) in [7, 11) is 0. The van der Waals surface area contributed by atoms with Gasteiger partial charge in [-0.25, -0.2) is 0 Å². The number of nitrogens with one attached hydrogen (secondary N) is 1. The van der Waals surface area contributed by atoms with Gasteiger partial charge in [0.05, 0.1) is 0 Å². The maximum atomic E-state index is 14.5. The number of rotatable bonds is 7. The molecule has 154 valence electrons. The fourth-order valence-electron chi connectivity index (χ4n) is 2.19. The van der Waals surface area contributed by atoms with E-state index in [1.807, 2.05) is 5.32 Å². The average Bonchev–Trinajstić information content (AvgIpc) is 2.67. The van der Waals surface area contributed by atoms with Crippen LogP contribution in [0.3, 0.4) is 0 Å². The molecule has 0 aliphatic rings. The first-order valence-corrected chi connectivity index (χ1v) is 9.70. The number of halogens is 7. The van der Waals surface area contributed by atoms with E-state index in [9.17, 15) is 36.0 Å². The number of hydrogen-bond acceptors (Lipinski definition) is 2. The van der Waals surface area contributed by atoms with Crippen LogP contribution in [0.5, 0.6) is 0 Å². The molecule has 2 aromatic rings. The van der Waals surface area contributed by atoms with Gasteiger partial charge < -0.3 is 0 Å². The van der Waals surface area contributed by atoms with E-state index >= 15 is 0 Å². The average molecular weight is 481 g/mol. The molecule has 29 heavy (non-hydrogen) atoms. The van der Waals surface area contributed by atoms with Crippen molar-refractivity contribution < 1.29 is 30.7 Å². The first kappa shape index (κ1) is 22.8. The predicted octanol–water partition coefficient (Wildman–Crippen LogP) is 4.37. The van der Waals surface area contributed by atoms with Crippen molar-refractivity contribution in [3.8, 4) is 6.07 Å². The van der Waals surface area contributed by atoms with Gasteiger partial charge in [-0.15, -0.1) is 0 Å². The van der Waals surface area contributed by atoms with E-state index in [-0.39, 0.29) is 0 Å². The Kier molecular flexibility index (Phi) is 6.98. The van der Waals surface area contributed by atoms with Crippen LogP contribution < -0.4 is 9.78 Å². The van der Waals surface area contributed by atoms with Crippen LogP contribution in [0, 0.1) is 11.3 Å². The molecule has 0 fully saturated rings. The zero-order valence-electron chi connectivity index (χ0n) is 14.5. The molecule has 2 aromatic carbocycles. The van der Waals surface area contributed by atoms with Crippen molar-refractivity contribution in [3.05, 3.63) is 76.4 Å². The van der Waals surface area contributed by atoms with E-state index in [1.165, 1.54) is 42.5 Å². The summed E-state index contributed by atoms with van der Waals surface area (Å²) in [6, 6.07) is 16.6. The Labute approximate surface area is 168 Å². The molecule has 2 rings (SSSR count). The first-order valence-electron chi connectivity index (χ1n) is 7.98. The van der Waals surface area contributed by atoms with E-state index in [1.54, 1.807) is 24.3 Å². The Balaban J connectivity index is 2.53. The number of nitriles is 1. The topological polar surface area (TPSA) is 35.8 Å². The fourth-order valence-corrected chi connectivity index (χ4v) is 4.03. The Morgan fingerprint density at radius 1 is 0.862 bits per heavy atom. The van der Waals surface area contributed by atoms with Crippen molar-refractivity contribution in [2.45, 2.75) is 24.6 Å². The molecule has 0 bridgehead atoms. The van der Waals surface area contributed by atoms with Crippen molar-refractivity contribution >= 4 is 19.4 Å². The zero-order chi connectivity index (χ0) is 21.7. The van der Waals surface area contributed by atoms with Crippen LogP contribution in [0.4, 0.5) is 30.7 Å². The van der Waals surface area contributed by atoms with Gasteiger partial charge >= 0.3 is 168 Å². The van der Waals surface area contributed by atoms with Gasteiger partial charge in [0.25, 0.3) is 0 Å². The fraction of sp³-hybridized carbons (Fsp3) is 0.211. The van der Waals surface area contributed by atoms with Crippen LogP contribution in [0.1, 0.15) is 5.56 Å². The molecule has 0 spiro atoms. The number of hydrogen-bond donors (Lipinski definition) is 1. The molecular weight excluding hydrogens is 468 g/mol. The quantitative estimate of drug-likeness (QED) is 0.362. The molecule has 0 unspecified atom stereocenters. The van der Waals surface area contributed by atoms with Crippen LogP contribution >= 0.6 is 0 Å². The molecule has 10 heteroatoms.